The lowest BCUT2D eigenvalue weighted by molar-refractivity contribution is -0.129. The first kappa shape index (κ1) is 29.3. The zero-order valence-electron chi connectivity index (χ0n) is 24.8. The maximum Gasteiger partial charge on any atom is 0.219 e. The van der Waals surface area contributed by atoms with Crippen LogP contribution < -0.4 is 0 Å². The Morgan fingerprint density at radius 2 is 1.69 bits per heavy atom. The van der Waals surface area contributed by atoms with Gasteiger partial charge in [-0.1, -0.05) is 72.8 Å². The van der Waals surface area contributed by atoms with Gasteiger partial charge in [-0.05, 0) is 61.1 Å². The largest absolute Gasteiger partial charge is 0.342 e. The fraction of sp³-hybridized carbons (Fsp3) is 0.361. The normalized spacial score (nSPS) is 15.4. The number of nitriles is 1. The van der Waals surface area contributed by atoms with Crippen LogP contribution in [0.15, 0.2) is 91.1 Å². The third-order valence-electron chi connectivity index (χ3n) is 8.57. The fourth-order valence-electron chi connectivity index (χ4n) is 6.23. The van der Waals surface area contributed by atoms with Crippen molar-refractivity contribution in [3.8, 4) is 6.07 Å². The Labute approximate surface area is 250 Å². The molecule has 42 heavy (non-hydrogen) atoms. The summed E-state index contributed by atoms with van der Waals surface area (Å²) in [6.07, 6.45) is 5.00. The third-order valence-corrected chi connectivity index (χ3v) is 8.57. The number of aromatic nitrogens is 2. The second kappa shape index (κ2) is 14.1. The maximum absolute atomic E-state index is 12.8. The van der Waals surface area contributed by atoms with Crippen molar-refractivity contribution in [2.75, 3.05) is 32.7 Å². The van der Waals surface area contributed by atoms with Crippen LogP contribution in [0.4, 0.5) is 0 Å². The van der Waals surface area contributed by atoms with Crippen LogP contribution in [0, 0.1) is 24.2 Å². The molecule has 0 aliphatic carbocycles. The lowest BCUT2D eigenvalue weighted by Crippen LogP contribution is -2.44. The molecule has 1 aromatic heterocycles. The number of amides is 1. The minimum atomic E-state index is 0.133. The van der Waals surface area contributed by atoms with Gasteiger partial charge >= 0.3 is 0 Å². The number of hydrogen-bond donors (Lipinski definition) is 0. The van der Waals surface area contributed by atoms with E-state index in [1.807, 2.05) is 42.3 Å². The predicted octanol–water partition coefficient (Wildman–Crippen LogP) is 6.05. The minimum Gasteiger partial charge on any atom is -0.342 e. The van der Waals surface area contributed by atoms with E-state index in [1.165, 1.54) is 11.1 Å². The van der Waals surface area contributed by atoms with Crippen LogP contribution in [0.5, 0.6) is 0 Å². The summed E-state index contributed by atoms with van der Waals surface area (Å²) in [5, 5.41) is 9.11. The molecule has 1 aliphatic heterocycles. The van der Waals surface area contributed by atoms with Gasteiger partial charge in [-0.15, -0.1) is 0 Å². The molecule has 3 aromatic carbocycles. The van der Waals surface area contributed by atoms with Crippen molar-refractivity contribution in [1.29, 1.82) is 5.26 Å². The van der Waals surface area contributed by atoms with Crippen LogP contribution in [0.1, 0.15) is 59.5 Å². The molecule has 0 bridgehead atoms. The highest BCUT2D eigenvalue weighted by Gasteiger charge is 2.26. The molecule has 5 rings (SSSR count). The molecule has 0 N–H and O–H groups in total. The standard InChI is InChI=1S/C36H41N5O/c1-28-38-23-35(41(28)26-31-17-15-30(22-37)16-18-31)19-21-40(29(2)42)25-32-10-9-20-39(24-32)27-36(33-11-5-3-6-12-33)34-13-7-4-8-14-34/h3-8,11-18,23,32,36H,9-10,19-21,24-27H2,1-2H3. The van der Waals surface area contributed by atoms with Crippen LogP contribution in [-0.2, 0) is 17.8 Å². The summed E-state index contributed by atoms with van der Waals surface area (Å²) in [5.74, 6) is 1.88. The number of benzene rings is 3. The van der Waals surface area contributed by atoms with Crippen LogP contribution in [0.25, 0.3) is 0 Å². The first-order valence-corrected chi connectivity index (χ1v) is 15.1. The highest BCUT2D eigenvalue weighted by atomic mass is 16.2. The Morgan fingerprint density at radius 3 is 2.31 bits per heavy atom. The average Bonchev–Trinajstić information content (AvgIpc) is 3.37. The molecule has 216 valence electrons. The second-order valence-corrected chi connectivity index (χ2v) is 11.5. The summed E-state index contributed by atoms with van der Waals surface area (Å²) in [4.78, 5) is 22.0. The Bertz CT molecular complexity index is 1430. The number of carbonyl (C=O) groups excluding carboxylic acids is 1. The van der Waals surface area contributed by atoms with Gasteiger partial charge in [-0.3, -0.25) is 4.79 Å². The average molecular weight is 560 g/mol. The highest BCUT2D eigenvalue weighted by Crippen LogP contribution is 2.28. The number of nitrogens with zero attached hydrogens (tertiary/aromatic N) is 5. The molecule has 6 heteroatoms. The summed E-state index contributed by atoms with van der Waals surface area (Å²) >= 11 is 0. The summed E-state index contributed by atoms with van der Waals surface area (Å²) in [5.41, 5.74) is 5.62. The molecule has 0 spiro atoms. The van der Waals surface area contributed by atoms with Gasteiger partial charge in [0.1, 0.15) is 5.82 Å². The van der Waals surface area contributed by atoms with E-state index in [1.54, 1.807) is 6.92 Å². The number of aryl methyl sites for hydroxylation is 1. The first-order valence-electron chi connectivity index (χ1n) is 15.1. The number of imidazole rings is 1. The van der Waals surface area contributed by atoms with Crippen molar-refractivity contribution in [2.24, 2.45) is 5.92 Å². The quantitative estimate of drug-likeness (QED) is 0.225. The molecule has 1 fully saturated rings. The van der Waals surface area contributed by atoms with E-state index in [0.717, 1.165) is 62.5 Å². The molecule has 1 aliphatic rings. The lowest BCUT2D eigenvalue weighted by atomic mass is 9.89. The summed E-state index contributed by atoms with van der Waals surface area (Å²) in [6, 6.07) is 31.5. The third kappa shape index (κ3) is 7.54. The Morgan fingerprint density at radius 1 is 1.02 bits per heavy atom. The van der Waals surface area contributed by atoms with E-state index in [-0.39, 0.29) is 5.91 Å². The maximum atomic E-state index is 12.8. The van der Waals surface area contributed by atoms with Gasteiger partial charge in [0, 0.05) is 63.9 Å². The molecule has 1 saturated heterocycles. The Kier molecular flexibility index (Phi) is 9.84. The molecule has 6 nitrogen and oxygen atoms in total. The zero-order valence-corrected chi connectivity index (χ0v) is 24.8. The van der Waals surface area contributed by atoms with E-state index < -0.39 is 0 Å². The van der Waals surface area contributed by atoms with Crippen molar-refractivity contribution in [3.05, 3.63) is 125 Å². The van der Waals surface area contributed by atoms with Crippen molar-refractivity contribution >= 4 is 5.91 Å². The molecule has 4 aromatic rings. The minimum absolute atomic E-state index is 0.133. The topological polar surface area (TPSA) is 65.2 Å². The van der Waals surface area contributed by atoms with Gasteiger partial charge in [0.15, 0.2) is 0 Å². The van der Waals surface area contributed by atoms with Gasteiger partial charge in [0.25, 0.3) is 0 Å². The predicted molar refractivity (Wildman–Crippen MR) is 167 cm³/mol. The highest BCUT2D eigenvalue weighted by molar-refractivity contribution is 5.73. The first-order chi connectivity index (χ1) is 20.5. The van der Waals surface area contributed by atoms with E-state index in [4.69, 9.17) is 5.26 Å². The number of hydrogen-bond acceptors (Lipinski definition) is 4. The Balaban J connectivity index is 1.21. The molecular formula is C36H41N5O. The van der Waals surface area contributed by atoms with Gasteiger partial charge < -0.3 is 14.4 Å². The number of likely N-dealkylation sites (tertiary alicyclic amines) is 1. The molecule has 2 heterocycles. The molecule has 0 saturated carbocycles. The van der Waals surface area contributed by atoms with Crippen LogP contribution in [0.3, 0.4) is 0 Å². The molecular weight excluding hydrogens is 518 g/mol. The summed E-state index contributed by atoms with van der Waals surface area (Å²) < 4.78 is 2.22. The zero-order chi connectivity index (χ0) is 29.3. The van der Waals surface area contributed by atoms with Crippen molar-refractivity contribution in [2.45, 2.75) is 45.6 Å². The van der Waals surface area contributed by atoms with E-state index in [2.05, 4.69) is 81.2 Å². The van der Waals surface area contributed by atoms with Crippen molar-refractivity contribution in [1.82, 2.24) is 19.4 Å². The van der Waals surface area contributed by atoms with E-state index in [0.29, 0.717) is 30.5 Å². The molecule has 0 radical (unpaired) electrons. The monoisotopic (exact) mass is 559 g/mol. The van der Waals surface area contributed by atoms with Crippen LogP contribution in [0.2, 0.25) is 0 Å². The SMILES string of the molecule is CC(=O)N(CCc1cnc(C)n1Cc1ccc(C#N)cc1)CC1CCCN(CC(c2ccccc2)c2ccccc2)C1. The lowest BCUT2D eigenvalue weighted by Gasteiger charge is -2.37. The summed E-state index contributed by atoms with van der Waals surface area (Å²) in [7, 11) is 0. The van der Waals surface area contributed by atoms with Gasteiger partial charge in [0.05, 0.1) is 11.6 Å². The molecule has 1 atom stereocenters. The van der Waals surface area contributed by atoms with Crippen molar-refractivity contribution < 1.29 is 4.79 Å². The van der Waals surface area contributed by atoms with Gasteiger partial charge in [-0.25, -0.2) is 4.98 Å². The Hall–Kier alpha value is -4.21. The van der Waals surface area contributed by atoms with Crippen LogP contribution in [-0.4, -0.2) is 58.0 Å². The van der Waals surface area contributed by atoms with E-state index in [9.17, 15) is 4.79 Å². The number of piperidine rings is 1. The second-order valence-electron chi connectivity index (χ2n) is 11.5. The van der Waals surface area contributed by atoms with E-state index >= 15 is 0 Å². The number of carbonyl (C=O) groups is 1. The number of rotatable bonds is 11. The fourth-order valence-corrected chi connectivity index (χ4v) is 6.23. The van der Waals surface area contributed by atoms with Crippen molar-refractivity contribution in [3.63, 3.8) is 0 Å². The van der Waals surface area contributed by atoms with Gasteiger partial charge in [-0.2, -0.15) is 5.26 Å². The van der Waals surface area contributed by atoms with Gasteiger partial charge in [0.2, 0.25) is 5.91 Å². The smallest absolute Gasteiger partial charge is 0.219 e. The van der Waals surface area contributed by atoms with Crippen LogP contribution >= 0.6 is 0 Å². The molecule has 1 unspecified atom stereocenters. The molecule has 1 amide bonds. The summed E-state index contributed by atoms with van der Waals surface area (Å²) in [6.45, 7) is 8.98.